The fourth-order valence-corrected chi connectivity index (χ4v) is 4.16. The minimum absolute atomic E-state index is 0.00898. The van der Waals surface area contributed by atoms with Crippen LogP contribution in [0.3, 0.4) is 0 Å². The Morgan fingerprint density at radius 3 is 2.38 bits per heavy atom. The maximum absolute atomic E-state index is 12.9. The van der Waals surface area contributed by atoms with Crippen molar-refractivity contribution in [1.82, 2.24) is 10.6 Å². The van der Waals surface area contributed by atoms with Gasteiger partial charge in [-0.15, -0.1) is 0 Å². The lowest BCUT2D eigenvalue weighted by Crippen LogP contribution is -2.53. The molecule has 0 spiro atoms. The molecular weight excluding hydrogens is 408 g/mol. The van der Waals surface area contributed by atoms with Crippen molar-refractivity contribution >= 4 is 18.0 Å². The van der Waals surface area contributed by atoms with Crippen LogP contribution in [0.1, 0.15) is 72.3 Å². The largest absolute Gasteiger partial charge is 0.461 e. The van der Waals surface area contributed by atoms with Gasteiger partial charge < -0.3 is 20.1 Å². The van der Waals surface area contributed by atoms with Crippen LogP contribution in [0.4, 0.5) is 4.79 Å². The highest BCUT2D eigenvalue weighted by molar-refractivity contribution is 5.85. The molecule has 0 saturated heterocycles. The van der Waals surface area contributed by atoms with Crippen molar-refractivity contribution in [3.05, 3.63) is 35.9 Å². The van der Waals surface area contributed by atoms with Gasteiger partial charge in [0.2, 0.25) is 5.91 Å². The van der Waals surface area contributed by atoms with Crippen molar-refractivity contribution in [2.75, 3.05) is 0 Å². The van der Waals surface area contributed by atoms with Crippen LogP contribution >= 0.6 is 0 Å². The van der Waals surface area contributed by atoms with Crippen molar-refractivity contribution in [3.63, 3.8) is 0 Å². The maximum Gasteiger partial charge on any atom is 0.408 e. The third kappa shape index (κ3) is 8.17. The SMILES string of the molecule is CCC(C(=O)OCc1ccccc1)C1CCCCC1NC(=O)C(C)NC(=O)OC(C)(C)C. The first-order valence-corrected chi connectivity index (χ1v) is 11.6. The molecule has 1 aromatic rings. The number of esters is 1. The fraction of sp³-hybridized carbons (Fsp3) is 0.640. The van der Waals surface area contributed by atoms with Crippen LogP contribution in [-0.4, -0.2) is 35.7 Å². The molecule has 178 valence electrons. The van der Waals surface area contributed by atoms with E-state index in [4.69, 9.17) is 9.47 Å². The van der Waals surface area contributed by atoms with E-state index in [0.29, 0.717) is 6.42 Å². The van der Waals surface area contributed by atoms with Gasteiger partial charge in [-0.1, -0.05) is 50.1 Å². The van der Waals surface area contributed by atoms with Gasteiger partial charge in [-0.05, 0) is 58.4 Å². The van der Waals surface area contributed by atoms with E-state index in [2.05, 4.69) is 10.6 Å². The Balaban J connectivity index is 1.96. The summed E-state index contributed by atoms with van der Waals surface area (Å²) in [4.78, 5) is 37.6. The molecule has 1 aliphatic carbocycles. The molecule has 0 radical (unpaired) electrons. The van der Waals surface area contributed by atoms with Crippen molar-refractivity contribution in [3.8, 4) is 0 Å². The van der Waals surface area contributed by atoms with E-state index in [1.165, 1.54) is 0 Å². The molecule has 7 heteroatoms. The molecule has 7 nitrogen and oxygen atoms in total. The maximum atomic E-state index is 12.9. The second-order valence-electron chi connectivity index (χ2n) is 9.54. The molecule has 0 aliphatic heterocycles. The number of hydrogen-bond acceptors (Lipinski definition) is 5. The number of carbonyl (C=O) groups is 3. The molecule has 1 fully saturated rings. The van der Waals surface area contributed by atoms with E-state index in [1.54, 1.807) is 27.7 Å². The van der Waals surface area contributed by atoms with E-state index in [0.717, 1.165) is 31.2 Å². The summed E-state index contributed by atoms with van der Waals surface area (Å²) < 4.78 is 10.8. The molecule has 2 rings (SSSR count). The molecule has 4 unspecified atom stereocenters. The van der Waals surface area contributed by atoms with Gasteiger partial charge in [-0.3, -0.25) is 9.59 Å². The zero-order valence-electron chi connectivity index (χ0n) is 20.0. The zero-order chi connectivity index (χ0) is 23.7. The predicted octanol–water partition coefficient (Wildman–Crippen LogP) is 4.34. The van der Waals surface area contributed by atoms with E-state index in [1.807, 2.05) is 37.3 Å². The molecule has 1 aliphatic rings. The van der Waals surface area contributed by atoms with Crippen LogP contribution in [0.2, 0.25) is 0 Å². The minimum Gasteiger partial charge on any atom is -0.461 e. The smallest absolute Gasteiger partial charge is 0.408 e. The van der Waals surface area contributed by atoms with Gasteiger partial charge in [0, 0.05) is 6.04 Å². The van der Waals surface area contributed by atoms with Crippen LogP contribution < -0.4 is 10.6 Å². The Hall–Kier alpha value is -2.57. The highest BCUT2D eigenvalue weighted by Gasteiger charge is 2.37. The summed E-state index contributed by atoms with van der Waals surface area (Å²) in [5.74, 6) is -0.768. The third-order valence-electron chi connectivity index (χ3n) is 5.76. The van der Waals surface area contributed by atoms with Crippen LogP contribution in [0, 0.1) is 11.8 Å². The lowest BCUT2D eigenvalue weighted by Gasteiger charge is -2.36. The average molecular weight is 447 g/mol. The summed E-state index contributed by atoms with van der Waals surface area (Å²) in [6.45, 7) is 9.16. The van der Waals surface area contributed by atoms with Crippen molar-refractivity contribution in [2.45, 2.75) is 91.0 Å². The molecular formula is C25H38N2O5. The van der Waals surface area contributed by atoms with E-state index < -0.39 is 17.7 Å². The van der Waals surface area contributed by atoms with Crippen LogP contribution in [0.25, 0.3) is 0 Å². The average Bonchev–Trinajstić information content (AvgIpc) is 2.73. The number of rotatable bonds is 8. The fourth-order valence-electron chi connectivity index (χ4n) is 4.16. The van der Waals surface area contributed by atoms with Crippen LogP contribution in [0.15, 0.2) is 30.3 Å². The first-order chi connectivity index (χ1) is 15.1. The van der Waals surface area contributed by atoms with Crippen molar-refractivity contribution < 1.29 is 23.9 Å². The molecule has 2 amide bonds. The molecule has 1 aromatic carbocycles. The first-order valence-electron chi connectivity index (χ1n) is 11.6. The molecule has 0 aromatic heterocycles. The number of benzene rings is 1. The zero-order valence-corrected chi connectivity index (χ0v) is 20.0. The summed E-state index contributed by atoms with van der Waals surface area (Å²) in [7, 11) is 0. The van der Waals surface area contributed by atoms with Gasteiger partial charge in [0.15, 0.2) is 0 Å². The van der Waals surface area contributed by atoms with Gasteiger partial charge >= 0.3 is 12.1 Å². The second kappa shape index (κ2) is 11.9. The summed E-state index contributed by atoms with van der Waals surface area (Å²) in [6, 6.07) is 8.74. The summed E-state index contributed by atoms with van der Waals surface area (Å²) in [5.41, 5.74) is 0.315. The number of amides is 2. The first kappa shape index (κ1) is 25.7. The molecule has 32 heavy (non-hydrogen) atoms. The van der Waals surface area contributed by atoms with Gasteiger partial charge in [-0.25, -0.2) is 4.79 Å². The van der Waals surface area contributed by atoms with Gasteiger partial charge in [0.05, 0.1) is 5.92 Å². The lowest BCUT2D eigenvalue weighted by molar-refractivity contribution is -0.153. The number of hydrogen-bond donors (Lipinski definition) is 2. The van der Waals surface area contributed by atoms with Crippen LogP contribution in [-0.2, 0) is 25.7 Å². The molecule has 0 bridgehead atoms. The standard InChI is InChI=1S/C25H38N2O5/c1-6-19(23(29)31-16-18-12-8-7-9-13-18)20-14-10-11-15-21(20)27-22(28)17(2)26-24(30)32-25(3,4)5/h7-9,12-13,17,19-21H,6,10-11,14-16H2,1-5H3,(H,26,30)(H,27,28). The van der Waals surface area contributed by atoms with Gasteiger partial charge in [0.1, 0.15) is 18.2 Å². The normalized spacial score (nSPS) is 20.5. The minimum atomic E-state index is -0.738. The van der Waals surface area contributed by atoms with Crippen molar-refractivity contribution in [1.29, 1.82) is 0 Å². The molecule has 1 saturated carbocycles. The predicted molar refractivity (Wildman–Crippen MR) is 123 cm³/mol. The summed E-state index contributed by atoms with van der Waals surface area (Å²) in [5, 5.41) is 5.64. The highest BCUT2D eigenvalue weighted by atomic mass is 16.6. The Morgan fingerprint density at radius 1 is 1.09 bits per heavy atom. The van der Waals surface area contributed by atoms with Crippen LogP contribution in [0.5, 0.6) is 0 Å². The molecule has 4 atom stereocenters. The van der Waals surface area contributed by atoms with Gasteiger partial charge in [-0.2, -0.15) is 0 Å². The number of ether oxygens (including phenoxy) is 2. The third-order valence-corrected chi connectivity index (χ3v) is 5.76. The Labute approximate surface area is 191 Å². The highest BCUT2D eigenvalue weighted by Crippen LogP contribution is 2.33. The van der Waals surface area contributed by atoms with Gasteiger partial charge in [0.25, 0.3) is 0 Å². The molecule has 0 heterocycles. The number of nitrogens with one attached hydrogen (secondary N) is 2. The van der Waals surface area contributed by atoms with E-state index in [9.17, 15) is 14.4 Å². The Bertz CT molecular complexity index is 759. The lowest BCUT2D eigenvalue weighted by atomic mass is 9.75. The summed E-state index contributed by atoms with van der Waals surface area (Å²) >= 11 is 0. The topological polar surface area (TPSA) is 93.7 Å². The molecule has 2 N–H and O–H groups in total. The van der Waals surface area contributed by atoms with Crippen molar-refractivity contribution in [2.24, 2.45) is 11.8 Å². The summed E-state index contributed by atoms with van der Waals surface area (Å²) in [6.07, 6.45) is 3.69. The quantitative estimate of drug-likeness (QED) is 0.579. The van der Waals surface area contributed by atoms with E-state index in [-0.39, 0.29) is 36.4 Å². The van der Waals surface area contributed by atoms with E-state index >= 15 is 0 Å². The monoisotopic (exact) mass is 446 g/mol. The number of carbonyl (C=O) groups excluding carboxylic acids is 3. The second-order valence-corrected chi connectivity index (χ2v) is 9.54. The Morgan fingerprint density at radius 2 is 1.75 bits per heavy atom. The Kier molecular flexibility index (Phi) is 9.54. The number of alkyl carbamates (subject to hydrolysis) is 1.